The van der Waals surface area contributed by atoms with Gasteiger partial charge in [0.1, 0.15) is 0 Å². The van der Waals surface area contributed by atoms with Gasteiger partial charge in [-0.05, 0) is 54.8 Å². The number of benzene rings is 2. The molecule has 0 aliphatic carbocycles. The standard InChI is InChI=1S/C19H21ClN2O3S/c1-2-3-12-26(24,25)22-11-10-14-6-9-17(13-18(14)22)21-19(23)15-4-7-16(20)8-5-15/h4-9,13H,2-3,10-12H2,1H3,(H,21,23). The number of nitrogens with zero attached hydrogens (tertiary/aromatic N) is 1. The highest BCUT2D eigenvalue weighted by Gasteiger charge is 2.29. The first kappa shape index (κ1) is 18.7. The van der Waals surface area contributed by atoms with Gasteiger partial charge in [-0.1, -0.05) is 31.0 Å². The van der Waals surface area contributed by atoms with Crippen LogP contribution in [0.5, 0.6) is 0 Å². The summed E-state index contributed by atoms with van der Waals surface area (Å²) in [7, 11) is -3.33. The maximum Gasteiger partial charge on any atom is 0.255 e. The van der Waals surface area contributed by atoms with E-state index in [1.54, 1.807) is 36.4 Å². The predicted octanol–water partition coefficient (Wildman–Crippen LogP) is 4.08. The molecule has 0 spiro atoms. The fourth-order valence-corrected chi connectivity index (χ4v) is 4.80. The van der Waals surface area contributed by atoms with Crippen molar-refractivity contribution in [2.24, 2.45) is 0 Å². The second kappa shape index (κ2) is 7.68. The molecule has 138 valence electrons. The summed E-state index contributed by atoms with van der Waals surface area (Å²) >= 11 is 5.84. The number of hydrogen-bond donors (Lipinski definition) is 1. The number of unbranched alkanes of at least 4 members (excludes halogenated alkanes) is 1. The second-order valence-corrected chi connectivity index (χ2v) is 8.75. The number of nitrogens with one attached hydrogen (secondary N) is 1. The molecule has 2 aromatic carbocycles. The number of sulfonamides is 1. The van der Waals surface area contributed by atoms with Gasteiger partial charge in [0.15, 0.2) is 0 Å². The molecule has 0 radical (unpaired) electrons. The molecule has 0 saturated heterocycles. The van der Waals surface area contributed by atoms with Crippen LogP contribution in [0.15, 0.2) is 42.5 Å². The zero-order chi connectivity index (χ0) is 18.7. The third-order valence-electron chi connectivity index (χ3n) is 4.39. The lowest BCUT2D eigenvalue weighted by molar-refractivity contribution is 0.102. The van der Waals surface area contributed by atoms with E-state index >= 15 is 0 Å². The van der Waals surface area contributed by atoms with E-state index in [1.165, 1.54) is 4.31 Å². The van der Waals surface area contributed by atoms with Crippen LogP contribution in [-0.4, -0.2) is 26.6 Å². The van der Waals surface area contributed by atoms with E-state index in [4.69, 9.17) is 11.6 Å². The average Bonchev–Trinajstić information content (AvgIpc) is 3.04. The van der Waals surface area contributed by atoms with Crippen molar-refractivity contribution in [2.75, 3.05) is 21.9 Å². The van der Waals surface area contributed by atoms with Crippen molar-refractivity contribution in [2.45, 2.75) is 26.2 Å². The summed E-state index contributed by atoms with van der Waals surface area (Å²) in [5, 5.41) is 3.38. The molecule has 5 nitrogen and oxygen atoms in total. The third kappa shape index (κ3) is 4.02. The van der Waals surface area contributed by atoms with Crippen molar-refractivity contribution < 1.29 is 13.2 Å². The number of anilines is 2. The van der Waals surface area contributed by atoms with Crippen LogP contribution in [0, 0.1) is 0 Å². The Morgan fingerprint density at radius 3 is 2.62 bits per heavy atom. The van der Waals surface area contributed by atoms with Crippen molar-refractivity contribution in [3.8, 4) is 0 Å². The van der Waals surface area contributed by atoms with E-state index in [2.05, 4.69) is 5.32 Å². The van der Waals surface area contributed by atoms with Crippen molar-refractivity contribution in [3.05, 3.63) is 58.6 Å². The molecular formula is C19H21ClN2O3S. The monoisotopic (exact) mass is 392 g/mol. The van der Waals surface area contributed by atoms with Crippen LogP contribution < -0.4 is 9.62 Å². The highest BCUT2D eigenvalue weighted by molar-refractivity contribution is 7.92. The van der Waals surface area contributed by atoms with Crippen molar-refractivity contribution >= 4 is 38.9 Å². The van der Waals surface area contributed by atoms with Crippen LogP contribution >= 0.6 is 11.6 Å². The second-order valence-electron chi connectivity index (χ2n) is 6.30. The Balaban J connectivity index is 1.81. The van der Waals surface area contributed by atoms with Gasteiger partial charge in [-0.15, -0.1) is 0 Å². The first-order chi connectivity index (χ1) is 12.4. The van der Waals surface area contributed by atoms with E-state index < -0.39 is 10.0 Å². The van der Waals surface area contributed by atoms with Crippen molar-refractivity contribution in [3.63, 3.8) is 0 Å². The number of halogens is 1. The molecule has 0 unspecified atom stereocenters. The smallest absolute Gasteiger partial charge is 0.255 e. The van der Waals surface area contributed by atoms with E-state index in [0.29, 0.717) is 41.3 Å². The van der Waals surface area contributed by atoms with Gasteiger partial charge in [0.25, 0.3) is 5.91 Å². The maximum absolute atomic E-state index is 12.6. The fourth-order valence-electron chi connectivity index (χ4n) is 2.96. The molecule has 2 aromatic rings. The lowest BCUT2D eigenvalue weighted by Gasteiger charge is -2.20. The molecule has 1 amide bonds. The summed E-state index contributed by atoms with van der Waals surface area (Å²) < 4.78 is 26.6. The molecule has 1 N–H and O–H groups in total. The van der Waals surface area contributed by atoms with Crippen molar-refractivity contribution in [1.29, 1.82) is 0 Å². The summed E-state index contributed by atoms with van der Waals surface area (Å²) in [6.07, 6.45) is 2.16. The third-order valence-corrected chi connectivity index (χ3v) is 6.50. The SMILES string of the molecule is CCCCS(=O)(=O)N1CCc2ccc(NC(=O)c3ccc(Cl)cc3)cc21. The Labute approximate surface area is 159 Å². The molecule has 0 aromatic heterocycles. The van der Waals surface area contributed by atoms with Crippen LogP contribution in [0.25, 0.3) is 0 Å². The number of fused-ring (bicyclic) bond motifs is 1. The first-order valence-corrected chi connectivity index (χ1v) is 10.6. The molecule has 0 bridgehead atoms. The van der Waals surface area contributed by atoms with Crippen LogP contribution in [-0.2, 0) is 16.4 Å². The molecule has 0 fully saturated rings. The minimum absolute atomic E-state index is 0.143. The van der Waals surface area contributed by atoms with Crippen LogP contribution in [0.2, 0.25) is 5.02 Å². The number of carbonyl (C=O) groups is 1. The molecule has 1 aliphatic heterocycles. The molecule has 3 rings (SSSR count). The van der Waals surface area contributed by atoms with Crippen molar-refractivity contribution in [1.82, 2.24) is 0 Å². The van der Waals surface area contributed by atoms with Gasteiger partial charge < -0.3 is 5.32 Å². The van der Waals surface area contributed by atoms with E-state index in [1.807, 2.05) is 13.0 Å². The lowest BCUT2D eigenvalue weighted by atomic mass is 10.1. The Morgan fingerprint density at radius 2 is 1.92 bits per heavy atom. The normalized spacial score (nSPS) is 13.5. The van der Waals surface area contributed by atoms with Crippen LogP contribution in [0.4, 0.5) is 11.4 Å². The fraction of sp³-hybridized carbons (Fsp3) is 0.316. The minimum Gasteiger partial charge on any atom is -0.322 e. The molecule has 7 heteroatoms. The first-order valence-electron chi connectivity index (χ1n) is 8.61. The molecule has 26 heavy (non-hydrogen) atoms. The number of carbonyl (C=O) groups excluding carboxylic acids is 1. The van der Waals surface area contributed by atoms with E-state index in [9.17, 15) is 13.2 Å². The average molecular weight is 393 g/mol. The summed E-state index contributed by atoms with van der Waals surface area (Å²) in [6, 6.07) is 12.0. The van der Waals surface area contributed by atoms with E-state index in [0.717, 1.165) is 12.0 Å². The van der Waals surface area contributed by atoms with E-state index in [-0.39, 0.29) is 11.7 Å². The largest absolute Gasteiger partial charge is 0.322 e. The van der Waals surface area contributed by atoms with Gasteiger partial charge in [-0.3, -0.25) is 9.10 Å². The summed E-state index contributed by atoms with van der Waals surface area (Å²) in [5.74, 6) is -0.121. The minimum atomic E-state index is -3.33. The van der Waals surface area contributed by atoms with Gasteiger partial charge in [-0.2, -0.15) is 0 Å². The number of rotatable bonds is 6. The molecule has 1 aliphatic rings. The van der Waals surface area contributed by atoms with Gasteiger partial charge in [0.2, 0.25) is 10.0 Å². The van der Waals surface area contributed by atoms with Gasteiger partial charge >= 0.3 is 0 Å². The maximum atomic E-state index is 12.6. The molecule has 0 saturated carbocycles. The number of hydrogen-bond acceptors (Lipinski definition) is 3. The molecule has 1 heterocycles. The summed E-state index contributed by atoms with van der Waals surface area (Å²) in [4.78, 5) is 12.4. The zero-order valence-corrected chi connectivity index (χ0v) is 16.1. The Bertz CT molecular complexity index is 911. The highest BCUT2D eigenvalue weighted by atomic mass is 35.5. The van der Waals surface area contributed by atoms with Crippen LogP contribution in [0.3, 0.4) is 0 Å². The van der Waals surface area contributed by atoms with Gasteiger partial charge in [0.05, 0.1) is 11.4 Å². The van der Waals surface area contributed by atoms with Crippen LogP contribution in [0.1, 0.15) is 35.7 Å². The number of amides is 1. The molecular weight excluding hydrogens is 372 g/mol. The Morgan fingerprint density at radius 1 is 1.19 bits per heavy atom. The topological polar surface area (TPSA) is 66.5 Å². The zero-order valence-electron chi connectivity index (χ0n) is 14.5. The highest BCUT2D eigenvalue weighted by Crippen LogP contribution is 2.33. The Kier molecular flexibility index (Phi) is 5.53. The predicted molar refractivity (Wildman–Crippen MR) is 106 cm³/mol. The quantitative estimate of drug-likeness (QED) is 0.805. The lowest BCUT2D eigenvalue weighted by Crippen LogP contribution is -2.31. The Hall–Kier alpha value is -2.05. The van der Waals surface area contributed by atoms with Gasteiger partial charge in [-0.25, -0.2) is 8.42 Å². The summed E-state index contributed by atoms with van der Waals surface area (Å²) in [6.45, 7) is 2.42. The summed E-state index contributed by atoms with van der Waals surface area (Å²) in [5.41, 5.74) is 2.70. The van der Waals surface area contributed by atoms with Gasteiger partial charge in [0, 0.05) is 22.8 Å². The molecule has 0 atom stereocenters.